The van der Waals surface area contributed by atoms with Crippen LogP contribution in [0.4, 0.5) is 5.13 Å². The number of rotatable bonds is 7. The van der Waals surface area contributed by atoms with Crippen molar-refractivity contribution in [3.05, 3.63) is 11.1 Å². The van der Waals surface area contributed by atoms with Gasteiger partial charge in [-0.1, -0.05) is 0 Å². The average Bonchev–Trinajstić information content (AvgIpc) is 2.78. The van der Waals surface area contributed by atoms with Crippen LogP contribution in [0.1, 0.15) is 23.8 Å². The van der Waals surface area contributed by atoms with Crippen LogP contribution in [0.2, 0.25) is 0 Å². The summed E-state index contributed by atoms with van der Waals surface area (Å²) in [5, 5.41) is 2.60. The van der Waals surface area contributed by atoms with E-state index >= 15 is 0 Å². The summed E-state index contributed by atoms with van der Waals surface area (Å²) in [7, 11) is 6.11. The summed E-state index contributed by atoms with van der Waals surface area (Å²) in [5.74, 6) is -0.346. The molecule has 0 radical (unpaired) electrons. The van der Waals surface area contributed by atoms with Crippen molar-refractivity contribution in [1.82, 2.24) is 9.88 Å². The Labute approximate surface area is 112 Å². The highest BCUT2D eigenvalue weighted by molar-refractivity contribution is 7.13. The van der Waals surface area contributed by atoms with E-state index in [-0.39, 0.29) is 5.97 Å². The average molecular weight is 271 g/mol. The second-order valence-electron chi connectivity index (χ2n) is 4.31. The van der Waals surface area contributed by atoms with E-state index in [2.05, 4.69) is 28.9 Å². The van der Waals surface area contributed by atoms with Gasteiger partial charge >= 0.3 is 5.97 Å². The zero-order valence-electron chi connectivity index (χ0n) is 11.5. The molecule has 1 rings (SSSR count). The summed E-state index contributed by atoms with van der Waals surface area (Å²) >= 11 is 1.47. The van der Waals surface area contributed by atoms with Crippen LogP contribution in [0, 0.1) is 0 Å². The number of carbonyl (C=O) groups excluding carboxylic acids is 1. The zero-order valence-corrected chi connectivity index (χ0v) is 12.3. The van der Waals surface area contributed by atoms with E-state index in [1.54, 1.807) is 12.3 Å². The Bertz CT molecular complexity index is 379. The molecule has 0 saturated heterocycles. The first kappa shape index (κ1) is 14.9. The Balaban J connectivity index is 2.48. The number of esters is 1. The first-order valence-corrected chi connectivity index (χ1v) is 6.91. The number of hydrogen-bond donors (Lipinski definition) is 0. The smallest absolute Gasteiger partial charge is 0.357 e. The van der Waals surface area contributed by atoms with E-state index in [0.717, 1.165) is 24.6 Å². The van der Waals surface area contributed by atoms with Crippen LogP contribution in [0.3, 0.4) is 0 Å². The zero-order chi connectivity index (χ0) is 13.5. The lowest BCUT2D eigenvalue weighted by molar-refractivity contribution is 0.0520. The van der Waals surface area contributed by atoms with E-state index in [4.69, 9.17) is 4.74 Å². The minimum atomic E-state index is -0.346. The Hall–Kier alpha value is -1.14. The lowest BCUT2D eigenvalue weighted by Crippen LogP contribution is -2.23. The van der Waals surface area contributed by atoms with E-state index in [1.165, 1.54) is 11.3 Å². The van der Waals surface area contributed by atoms with Gasteiger partial charge in [-0.2, -0.15) is 0 Å². The van der Waals surface area contributed by atoms with Gasteiger partial charge in [0.15, 0.2) is 10.8 Å². The number of carbonyl (C=O) groups is 1. The third kappa shape index (κ3) is 4.62. The fourth-order valence-corrected chi connectivity index (χ4v) is 2.25. The summed E-state index contributed by atoms with van der Waals surface area (Å²) < 4.78 is 4.91. The van der Waals surface area contributed by atoms with Gasteiger partial charge in [0.1, 0.15) is 0 Å². The Morgan fingerprint density at radius 2 is 2.11 bits per heavy atom. The molecule has 0 aromatic carbocycles. The van der Waals surface area contributed by atoms with Gasteiger partial charge in [0, 0.05) is 19.0 Å². The van der Waals surface area contributed by atoms with E-state index in [1.807, 2.05) is 7.05 Å². The number of thiazole rings is 1. The highest BCUT2D eigenvalue weighted by Gasteiger charge is 2.13. The largest absolute Gasteiger partial charge is 0.461 e. The van der Waals surface area contributed by atoms with Crippen LogP contribution in [-0.2, 0) is 4.74 Å². The van der Waals surface area contributed by atoms with Gasteiger partial charge in [0.05, 0.1) is 6.61 Å². The molecule has 102 valence electrons. The van der Waals surface area contributed by atoms with Crippen LogP contribution >= 0.6 is 11.3 Å². The molecule has 0 amide bonds. The maximum Gasteiger partial charge on any atom is 0.357 e. The topological polar surface area (TPSA) is 45.7 Å². The molecule has 6 heteroatoms. The van der Waals surface area contributed by atoms with Crippen LogP contribution in [0.25, 0.3) is 0 Å². The van der Waals surface area contributed by atoms with Crippen molar-refractivity contribution in [2.24, 2.45) is 0 Å². The molecule has 0 aliphatic rings. The summed E-state index contributed by atoms with van der Waals surface area (Å²) in [5.41, 5.74) is 0.399. The number of anilines is 1. The van der Waals surface area contributed by atoms with Gasteiger partial charge in [0.25, 0.3) is 0 Å². The molecular weight excluding hydrogens is 250 g/mol. The molecule has 0 saturated carbocycles. The van der Waals surface area contributed by atoms with Crippen molar-refractivity contribution in [2.75, 3.05) is 45.7 Å². The fraction of sp³-hybridized carbons (Fsp3) is 0.667. The lowest BCUT2D eigenvalue weighted by Gasteiger charge is -2.17. The molecule has 0 spiro atoms. The molecular formula is C12H21N3O2S. The van der Waals surface area contributed by atoms with Crippen LogP contribution in [0.5, 0.6) is 0 Å². The molecule has 0 bridgehead atoms. The quantitative estimate of drug-likeness (QED) is 0.706. The van der Waals surface area contributed by atoms with Gasteiger partial charge in [-0.3, -0.25) is 0 Å². The minimum absolute atomic E-state index is 0.346. The third-order valence-electron chi connectivity index (χ3n) is 2.40. The molecule has 0 aliphatic carbocycles. The van der Waals surface area contributed by atoms with Crippen molar-refractivity contribution < 1.29 is 9.53 Å². The molecule has 0 atom stereocenters. The predicted molar refractivity (Wildman–Crippen MR) is 74.5 cm³/mol. The summed E-state index contributed by atoms with van der Waals surface area (Å²) in [6, 6.07) is 0. The Morgan fingerprint density at radius 1 is 1.39 bits per heavy atom. The minimum Gasteiger partial charge on any atom is -0.461 e. The van der Waals surface area contributed by atoms with Gasteiger partial charge in [-0.15, -0.1) is 11.3 Å². The first-order chi connectivity index (χ1) is 8.54. The Kier molecular flexibility index (Phi) is 6.07. The van der Waals surface area contributed by atoms with Crippen molar-refractivity contribution in [3.8, 4) is 0 Å². The second kappa shape index (κ2) is 7.33. The standard InChI is InChI=1S/C12H21N3O2S/c1-5-17-11(16)10-9-18-12(13-10)15(4)8-6-7-14(2)3/h9H,5-8H2,1-4H3. The molecule has 18 heavy (non-hydrogen) atoms. The normalized spacial score (nSPS) is 10.7. The van der Waals surface area contributed by atoms with Gasteiger partial charge < -0.3 is 14.5 Å². The fourth-order valence-electron chi connectivity index (χ4n) is 1.46. The molecule has 1 aromatic rings. The predicted octanol–water partition coefficient (Wildman–Crippen LogP) is 1.71. The van der Waals surface area contributed by atoms with Crippen LogP contribution in [-0.4, -0.2) is 56.7 Å². The summed E-state index contributed by atoms with van der Waals surface area (Å²) in [6.07, 6.45) is 1.07. The molecule has 0 fully saturated rings. The maximum absolute atomic E-state index is 11.5. The Morgan fingerprint density at radius 3 is 2.72 bits per heavy atom. The number of nitrogens with zero attached hydrogens (tertiary/aromatic N) is 3. The molecule has 1 aromatic heterocycles. The molecule has 5 nitrogen and oxygen atoms in total. The second-order valence-corrected chi connectivity index (χ2v) is 5.15. The molecule has 0 N–H and O–H groups in total. The van der Waals surface area contributed by atoms with Crippen molar-refractivity contribution >= 4 is 22.4 Å². The number of hydrogen-bond acceptors (Lipinski definition) is 6. The highest BCUT2D eigenvalue weighted by atomic mass is 32.1. The lowest BCUT2D eigenvalue weighted by atomic mass is 10.4. The van der Waals surface area contributed by atoms with Crippen molar-refractivity contribution in [3.63, 3.8) is 0 Å². The summed E-state index contributed by atoms with van der Waals surface area (Å²) in [6.45, 7) is 4.14. The summed E-state index contributed by atoms with van der Waals surface area (Å²) in [4.78, 5) is 20.0. The molecule has 0 unspecified atom stereocenters. The van der Waals surface area contributed by atoms with Crippen molar-refractivity contribution in [1.29, 1.82) is 0 Å². The first-order valence-electron chi connectivity index (χ1n) is 6.03. The SMILES string of the molecule is CCOC(=O)c1csc(N(C)CCCN(C)C)n1. The molecule has 0 aliphatic heterocycles. The number of ether oxygens (including phenoxy) is 1. The van der Waals surface area contributed by atoms with Crippen LogP contribution in [0.15, 0.2) is 5.38 Å². The van der Waals surface area contributed by atoms with Gasteiger partial charge in [-0.05, 0) is 34.0 Å². The van der Waals surface area contributed by atoms with E-state index in [9.17, 15) is 4.79 Å². The van der Waals surface area contributed by atoms with E-state index in [0.29, 0.717) is 12.3 Å². The van der Waals surface area contributed by atoms with Crippen molar-refractivity contribution in [2.45, 2.75) is 13.3 Å². The number of aromatic nitrogens is 1. The monoisotopic (exact) mass is 271 g/mol. The highest BCUT2D eigenvalue weighted by Crippen LogP contribution is 2.19. The van der Waals surface area contributed by atoms with E-state index < -0.39 is 0 Å². The third-order valence-corrected chi connectivity index (χ3v) is 3.36. The maximum atomic E-state index is 11.5. The van der Waals surface area contributed by atoms with Crippen LogP contribution < -0.4 is 4.90 Å². The van der Waals surface area contributed by atoms with Gasteiger partial charge in [-0.25, -0.2) is 9.78 Å². The molecule has 1 heterocycles. The van der Waals surface area contributed by atoms with Gasteiger partial charge in [0.2, 0.25) is 0 Å².